The third-order valence-corrected chi connectivity index (χ3v) is 6.25. The summed E-state index contributed by atoms with van der Waals surface area (Å²) < 4.78 is 22.3. The summed E-state index contributed by atoms with van der Waals surface area (Å²) in [6.07, 6.45) is 1.33. The first-order valence-corrected chi connectivity index (χ1v) is 13.1. The standard InChI is InChI=1S/C30H36N2O6/c1-21-26(31-28(37-21)24-12-10-23(11-13-24)22-8-6-5-7-9-22)16-19-35-29(34)32-17-14-25(15-18-32)36-20-27(33)38-30(2,3)4/h5-13,25H,14-20H2,1-4H3. The van der Waals surface area contributed by atoms with Gasteiger partial charge in [-0.2, -0.15) is 0 Å². The van der Waals surface area contributed by atoms with Crippen LogP contribution in [0.25, 0.3) is 22.6 Å². The second-order valence-corrected chi connectivity index (χ2v) is 10.4. The maximum Gasteiger partial charge on any atom is 0.409 e. The number of rotatable bonds is 8. The quantitative estimate of drug-likeness (QED) is 0.346. The molecule has 1 fully saturated rings. The maximum absolute atomic E-state index is 12.5. The van der Waals surface area contributed by atoms with Crippen LogP contribution in [0.2, 0.25) is 0 Å². The van der Waals surface area contributed by atoms with Gasteiger partial charge in [0.1, 0.15) is 18.0 Å². The Hall–Kier alpha value is -3.65. The zero-order valence-electron chi connectivity index (χ0n) is 22.6. The molecule has 0 atom stereocenters. The molecule has 0 bridgehead atoms. The molecular weight excluding hydrogens is 484 g/mol. The number of oxazole rings is 1. The van der Waals surface area contributed by atoms with Gasteiger partial charge in [-0.3, -0.25) is 0 Å². The smallest absolute Gasteiger partial charge is 0.409 e. The van der Waals surface area contributed by atoms with Crippen LogP contribution in [0.3, 0.4) is 0 Å². The van der Waals surface area contributed by atoms with Crippen molar-refractivity contribution in [1.29, 1.82) is 0 Å². The van der Waals surface area contributed by atoms with Gasteiger partial charge in [-0.05, 0) is 63.8 Å². The van der Waals surface area contributed by atoms with Crippen LogP contribution in [0.5, 0.6) is 0 Å². The molecule has 1 aromatic heterocycles. The minimum Gasteiger partial charge on any atom is -0.458 e. The highest BCUT2D eigenvalue weighted by molar-refractivity contribution is 5.71. The lowest BCUT2D eigenvalue weighted by Crippen LogP contribution is -2.42. The maximum atomic E-state index is 12.5. The number of esters is 1. The van der Waals surface area contributed by atoms with Gasteiger partial charge in [0.15, 0.2) is 0 Å². The van der Waals surface area contributed by atoms with E-state index >= 15 is 0 Å². The third kappa shape index (κ3) is 7.68. The number of benzene rings is 2. The van der Waals surface area contributed by atoms with E-state index < -0.39 is 5.60 Å². The normalized spacial score (nSPS) is 14.4. The summed E-state index contributed by atoms with van der Waals surface area (Å²) in [6, 6.07) is 18.3. The number of carbonyl (C=O) groups excluding carboxylic acids is 2. The lowest BCUT2D eigenvalue weighted by molar-refractivity contribution is -0.163. The molecule has 0 N–H and O–H groups in total. The Morgan fingerprint density at radius 3 is 2.26 bits per heavy atom. The molecule has 1 aliphatic rings. The first kappa shape index (κ1) is 27.4. The van der Waals surface area contributed by atoms with Crippen LogP contribution < -0.4 is 0 Å². The molecule has 0 aliphatic carbocycles. The molecule has 202 valence electrons. The van der Waals surface area contributed by atoms with Gasteiger partial charge in [0, 0.05) is 25.1 Å². The van der Waals surface area contributed by atoms with Crippen molar-refractivity contribution in [1.82, 2.24) is 9.88 Å². The summed E-state index contributed by atoms with van der Waals surface area (Å²) in [6.45, 7) is 8.51. The van der Waals surface area contributed by atoms with Crippen LogP contribution in [-0.2, 0) is 25.4 Å². The van der Waals surface area contributed by atoms with Crippen LogP contribution >= 0.6 is 0 Å². The fourth-order valence-corrected chi connectivity index (χ4v) is 4.31. The van der Waals surface area contributed by atoms with Gasteiger partial charge in [0.2, 0.25) is 5.89 Å². The van der Waals surface area contributed by atoms with E-state index in [-0.39, 0.29) is 31.4 Å². The Balaban J connectivity index is 1.20. The predicted molar refractivity (Wildman–Crippen MR) is 144 cm³/mol. The Kier molecular flexibility index (Phi) is 8.84. The number of piperidine rings is 1. The van der Waals surface area contributed by atoms with E-state index in [0.29, 0.717) is 44.0 Å². The Morgan fingerprint density at radius 2 is 1.61 bits per heavy atom. The fourth-order valence-electron chi connectivity index (χ4n) is 4.31. The second-order valence-electron chi connectivity index (χ2n) is 10.4. The summed E-state index contributed by atoms with van der Waals surface area (Å²) in [4.78, 5) is 30.7. The molecule has 2 aromatic carbocycles. The van der Waals surface area contributed by atoms with Crippen molar-refractivity contribution in [3.05, 3.63) is 66.1 Å². The molecule has 1 saturated heterocycles. The minimum atomic E-state index is -0.534. The number of nitrogens with zero attached hydrogens (tertiary/aromatic N) is 2. The van der Waals surface area contributed by atoms with Gasteiger partial charge < -0.3 is 23.5 Å². The van der Waals surface area contributed by atoms with Crippen LogP contribution in [-0.4, -0.2) is 60.0 Å². The number of aromatic nitrogens is 1. The van der Waals surface area contributed by atoms with Crippen molar-refractivity contribution in [2.45, 2.75) is 58.7 Å². The molecule has 3 aromatic rings. The zero-order valence-corrected chi connectivity index (χ0v) is 22.6. The van der Waals surface area contributed by atoms with Gasteiger partial charge in [-0.25, -0.2) is 14.6 Å². The molecule has 8 nitrogen and oxygen atoms in total. The number of hydrogen-bond acceptors (Lipinski definition) is 7. The number of amides is 1. The third-order valence-electron chi connectivity index (χ3n) is 6.25. The van der Waals surface area contributed by atoms with Gasteiger partial charge in [-0.1, -0.05) is 42.5 Å². The highest BCUT2D eigenvalue weighted by Crippen LogP contribution is 2.26. The van der Waals surface area contributed by atoms with Gasteiger partial charge >= 0.3 is 12.1 Å². The topological polar surface area (TPSA) is 91.1 Å². The van der Waals surface area contributed by atoms with Gasteiger partial charge in [0.05, 0.1) is 18.4 Å². The van der Waals surface area contributed by atoms with Crippen molar-refractivity contribution < 1.29 is 28.2 Å². The van der Waals surface area contributed by atoms with Crippen molar-refractivity contribution >= 4 is 12.1 Å². The molecule has 0 saturated carbocycles. The largest absolute Gasteiger partial charge is 0.458 e. The first-order valence-electron chi connectivity index (χ1n) is 13.1. The molecule has 0 radical (unpaired) electrons. The summed E-state index contributed by atoms with van der Waals surface area (Å²) in [5, 5.41) is 0. The summed E-state index contributed by atoms with van der Waals surface area (Å²) >= 11 is 0. The van der Waals surface area contributed by atoms with Crippen LogP contribution in [0.1, 0.15) is 45.1 Å². The van der Waals surface area contributed by atoms with Gasteiger partial charge in [0.25, 0.3) is 0 Å². The van der Waals surface area contributed by atoms with Crippen LogP contribution in [0, 0.1) is 6.92 Å². The van der Waals surface area contributed by atoms with Crippen molar-refractivity contribution in [3.8, 4) is 22.6 Å². The Bertz CT molecular complexity index is 1210. The van der Waals surface area contributed by atoms with E-state index in [1.807, 2.05) is 58.0 Å². The number of ether oxygens (including phenoxy) is 3. The van der Waals surface area contributed by atoms with Crippen molar-refractivity contribution in [2.75, 3.05) is 26.3 Å². The lowest BCUT2D eigenvalue weighted by atomic mass is 10.0. The van der Waals surface area contributed by atoms with Crippen LogP contribution in [0.4, 0.5) is 4.79 Å². The molecule has 1 aliphatic heterocycles. The fraction of sp³-hybridized carbons (Fsp3) is 0.433. The monoisotopic (exact) mass is 520 g/mol. The number of aryl methyl sites for hydroxylation is 1. The molecule has 1 amide bonds. The molecule has 2 heterocycles. The molecule has 38 heavy (non-hydrogen) atoms. The van der Waals surface area contributed by atoms with E-state index in [1.54, 1.807) is 4.90 Å². The molecular formula is C30H36N2O6. The Morgan fingerprint density at radius 1 is 0.974 bits per heavy atom. The number of likely N-dealkylation sites (tertiary alicyclic amines) is 1. The SMILES string of the molecule is Cc1oc(-c2ccc(-c3ccccc3)cc2)nc1CCOC(=O)N1CCC(OCC(=O)OC(C)(C)C)CC1. The van der Waals surface area contributed by atoms with Gasteiger partial charge in [-0.15, -0.1) is 0 Å². The molecule has 0 spiro atoms. The number of carbonyl (C=O) groups is 2. The first-order chi connectivity index (χ1) is 18.2. The van der Waals surface area contributed by atoms with E-state index in [2.05, 4.69) is 29.2 Å². The second kappa shape index (κ2) is 12.3. The summed E-state index contributed by atoms with van der Waals surface area (Å²) in [5.41, 5.74) is 3.42. The Labute approximate surface area is 223 Å². The van der Waals surface area contributed by atoms with Crippen molar-refractivity contribution in [2.24, 2.45) is 0 Å². The molecule has 8 heteroatoms. The average molecular weight is 521 g/mol. The van der Waals surface area contributed by atoms with Crippen LogP contribution in [0.15, 0.2) is 59.0 Å². The molecule has 4 rings (SSSR count). The molecule has 0 unspecified atom stereocenters. The predicted octanol–water partition coefficient (Wildman–Crippen LogP) is 5.82. The highest BCUT2D eigenvalue weighted by atomic mass is 16.6. The summed E-state index contributed by atoms with van der Waals surface area (Å²) in [7, 11) is 0. The van der Waals surface area contributed by atoms with E-state index in [4.69, 9.17) is 18.6 Å². The van der Waals surface area contributed by atoms with E-state index in [1.165, 1.54) is 0 Å². The summed E-state index contributed by atoms with van der Waals surface area (Å²) in [5.74, 6) is 0.887. The highest BCUT2D eigenvalue weighted by Gasteiger charge is 2.26. The van der Waals surface area contributed by atoms with E-state index in [9.17, 15) is 9.59 Å². The zero-order chi connectivity index (χ0) is 27.1. The lowest BCUT2D eigenvalue weighted by Gasteiger charge is -2.31. The average Bonchev–Trinajstić information content (AvgIpc) is 3.27. The van der Waals surface area contributed by atoms with Crippen molar-refractivity contribution in [3.63, 3.8) is 0 Å². The van der Waals surface area contributed by atoms with E-state index in [0.717, 1.165) is 22.4 Å². The number of hydrogen-bond donors (Lipinski definition) is 0. The minimum absolute atomic E-state index is 0.0791.